The fourth-order valence-electron chi connectivity index (χ4n) is 12.9. The largest absolute Gasteiger partial charge is 0.569 e. The van der Waals surface area contributed by atoms with Crippen LogP contribution >= 0.6 is 94.2 Å². The molecule has 1 unspecified atom stereocenters. The van der Waals surface area contributed by atoms with E-state index in [1.165, 1.54) is 70.0 Å². The van der Waals surface area contributed by atoms with Crippen LogP contribution in [0.1, 0.15) is 102 Å². The standard InChI is InChI=1S/C24H21ClFN3O3.C19H17BrClN3O4.C19H19BrClN3O3.C12H14BrN3O2.C7H5ClO.C6H5BFO2.CH2O2.Zn/c1-28-22-21(23(31)29(24(28)32)10-3-11-30)19(12-15-6-8-17(25)9-7-15)20(14-27-22)16-4-2-5-18(26)13-16;1-23-17-16(18(26)24(19(23)27)7-2-8-28-11-25)14(15(20)10-22-17)9-12-3-5-13(21)6-4-12;1-3-4-9-24-18(26)15-14(16(25)11-5-7-12(21)8-6-11)13(20)10-22-17(15)23(2)19(24)27;1-3-4-5-16-11(17)9-6-8(13)7-14-10(9)15(2)12(16)18;8-7-3-1-6(5-9)2-4-7;8-5-2-1-3-6(4-5)10-7-9;2-1-3;/h2,4-9,13-14,30H,3,10-12H2,1H3;3-6,10-11H,2,7-9H2,1H3;5-8,10,16,25H,3-4,9H2,1-2H3;6-7H,3-5H2,1-2H3;1-5H;1-4,9H;1H,(H,2,3);. The third-order valence-corrected chi connectivity index (χ3v) is 22.0. The molecule has 8 heterocycles. The molecule has 14 aromatic rings. The zero-order valence-corrected chi connectivity index (χ0v) is 80.3. The number of carbonyl (C=O) groups excluding carboxylic acids is 2. The number of aryl methyl sites for hydroxylation is 4. The first-order valence-electron chi connectivity index (χ1n) is 38.8. The fourth-order valence-corrected chi connectivity index (χ4v) is 14.7. The summed E-state index contributed by atoms with van der Waals surface area (Å²) < 4.78 is 47.5. The van der Waals surface area contributed by atoms with Gasteiger partial charge in [0.15, 0.2) is 0 Å². The summed E-state index contributed by atoms with van der Waals surface area (Å²) in [6.07, 6.45) is 10.7. The molecule has 0 saturated heterocycles. The molecule has 40 heteroatoms. The number of unbranched alkanes of at least 4 members (excludes halogenated alkanes) is 2. The second-order valence-electron chi connectivity index (χ2n) is 27.7. The van der Waals surface area contributed by atoms with E-state index in [-0.39, 0.29) is 98.2 Å². The van der Waals surface area contributed by atoms with Crippen LogP contribution < -0.4 is 49.7 Å². The number of carbonyl (C=O) groups is 3. The van der Waals surface area contributed by atoms with E-state index in [0.717, 1.165) is 55.8 Å². The van der Waals surface area contributed by atoms with Crippen LogP contribution in [0.4, 0.5) is 8.78 Å². The molecule has 0 saturated carbocycles. The molecular formula is C88H83BBr3Cl4F2N12O17Zn. The number of carboxylic acid groups (broad SMARTS) is 1. The molecule has 0 fully saturated rings. The van der Waals surface area contributed by atoms with E-state index in [2.05, 4.69) is 77.1 Å². The SMILES string of the molecule is CCCCn1c(=O)c2c(C(O)c3ccc(Cl)cc3)c(Br)cnc2n(C)c1=O.CCCCn1c(=O)c2cc(Br)cnc2n(C)c1=O.Cn1c(=O)n(CCCO)c(=O)c2c(Cc3ccc(Cl)cc3)c(-c3cccc(F)c3)cnc21.Cn1c(=O)n(CCCOC=O)c(=O)c2c(Cc3ccc(Cl)cc3)c(Br)cnc21.O=CO.O=Cc1ccc(Cl)cc1.O[B]Oc1cccc(F)c1.[Zn]. The number of aldehydes is 1. The monoisotopic (exact) mass is 2070 g/mol. The second-order valence-corrected chi connectivity index (χ2v) is 32.1. The van der Waals surface area contributed by atoms with Crippen molar-refractivity contribution in [3.8, 4) is 16.9 Å². The average Bonchev–Trinajstić information content (AvgIpc) is 0.737. The van der Waals surface area contributed by atoms with Gasteiger partial charge in [0.1, 0.15) is 52.4 Å². The van der Waals surface area contributed by atoms with Crippen LogP contribution in [-0.4, -0.2) is 117 Å². The van der Waals surface area contributed by atoms with E-state index in [1.54, 1.807) is 138 Å². The maximum absolute atomic E-state index is 14.0. The predicted octanol–water partition coefficient (Wildman–Crippen LogP) is 13.8. The number of hydrogen-bond donors (Lipinski definition) is 4. The zero-order chi connectivity index (χ0) is 92.9. The summed E-state index contributed by atoms with van der Waals surface area (Å²) in [6.45, 7) is 5.08. The van der Waals surface area contributed by atoms with Crippen LogP contribution in [0.2, 0.25) is 20.1 Å². The molecule has 29 nitrogen and oxygen atoms in total. The van der Waals surface area contributed by atoms with Crippen molar-refractivity contribution >= 4 is 165 Å². The molecule has 0 spiro atoms. The Morgan fingerprint density at radius 2 is 0.914 bits per heavy atom. The average molecular weight is 2080 g/mol. The van der Waals surface area contributed by atoms with Crippen molar-refractivity contribution in [2.45, 2.75) is 97.5 Å². The van der Waals surface area contributed by atoms with Gasteiger partial charge in [-0.25, -0.2) is 47.9 Å². The molecule has 0 aliphatic heterocycles. The number of fused-ring (bicyclic) bond motifs is 4. The maximum Gasteiger partial charge on any atom is 0.569 e. The van der Waals surface area contributed by atoms with Gasteiger partial charge in [0.25, 0.3) is 35.2 Å². The smallest absolute Gasteiger partial charge is 0.537 e. The Hall–Kier alpha value is -10.9. The number of halogens is 9. The minimum absolute atomic E-state index is 0. The van der Waals surface area contributed by atoms with Crippen molar-refractivity contribution < 1.29 is 72.4 Å². The van der Waals surface area contributed by atoms with Gasteiger partial charge in [-0.1, -0.05) is 140 Å². The molecule has 0 bridgehead atoms. The van der Waals surface area contributed by atoms with Crippen LogP contribution in [-0.2, 0) is 101 Å². The first-order chi connectivity index (χ1) is 60.8. The molecule has 0 aliphatic rings. The molecule has 665 valence electrons. The normalized spacial score (nSPS) is 10.8. The van der Waals surface area contributed by atoms with Crippen LogP contribution in [0.25, 0.3) is 55.3 Å². The number of nitrogens with zero attached hydrogens (tertiary/aromatic N) is 12. The van der Waals surface area contributed by atoms with Gasteiger partial charge >= 0.3 is 30.4 Å². The van der Waals surface area contributed by atoms with E-state index in [4.69, 9.17) is 61.3 Å². The van der Waals surface area contributed by atoms with Crippen LogP contribution in [0.3, 0.4) is 0 Å². The van der Waals surface area contributed by atoms with E-state index >= 15 is 0 Å². The minimum atomic E-state index is -1.08. The molecule has 1 radical (unpaired) electrons. The number of ether oxygens (including phenoxy) is 1. The van der Waals surface area contributed by atoms with Crippen LogP contribution in [0.5, 0.6) is 5.75 Å². The van der Waals surface area contributed by atoms with Crippen LogP contribution in [0, 0.1) is 11.6 Å². The van der Waals surface area contributed by atoms with Gasteiger partial charge in [-0.05, 0) is 199 Å². The van der Waals surface area contributed by atoms with Crippen molar-refractivity contribution in [1.29, 1.82) is 0 Å². The summed E-state index contributed by atoms with van der Waals surface area (Å²) in [5.41, 5.74) is 3.99. The van der Waals surface area contributed by atoms with Crippen molar-refractivity contribution in [2.24, 2.45) is 28.2 Å². The third kappa shape index (κ3) is 26.9. The Labute approximate surface area is 787 Å². The number of aromatic nitrogens is 12. The van der Waals surface area contributed by atoms with Crippen molar-refractivity contribution in [2.75, 3.05) is 13.2 Å². The molecule has 0 amide bonds. The topological polar surface area (TPSA) is 378 Å². The molecular weight excluding hydrogens is 1990 g/mol. The Bertz CT molecular complexity index is 6780. The van der Waals surface area contributed by atoms with E-state index in [1.807, 2.05) is 38.1 Å². The number of benzene rings is 6. The summed E-state index contributed by atoms with van der Waals surface area (Å²) >= 11 is 33.6. The zero-order valence-electron chi connectivity index (χ0n) is 69.6. The molecule has 14 rings (SSSR count). The summed E-state index contributed by atoms with van der Waals surface area (Å²) in [7, 11) is 6.85. The Balaban J connectivity index is 0.000000218. The van der Waals surface area contributed by atoms with Crippen molar-refractivity contribution in [3.05, 3.63) is 344 Å². The predicted molar refractivity (Wildman–Crippen MR) is 496 cm³/mol. The summed E-state index contributed by atoms with van der Waals surface area (Å²) in [4.78, 5) is 148. The van der Waals surface area contributed by atoms with Gasteiger partial charge in [-0.2, -0.15) is 0 Å². The van der Waals surface area contributed by atoms with Crippen LogP contribution in [0.15, 0.2) is 228 Å². The van der Waals surface area contributed by atoms with Gasteiger partial charge in [0.2, 0.25) is 0 Å². The fraction of sp³-hybridized carbons (Fsp3) is 0.239. The summed E-state index contributed by atoms with van der Waals surface area (Å²) in [5.74, 6) is -0.511. The molecule has 8 aromatic heterocycles. The number of pyridine rings is 4. The Morgan fingerprint density at radius 1 is 0.500 bits per heavy atom. The Morgan fingerprint density at radius 3 is 1.39 bits per heavy atom. The van der Waals surface area contributed by atoms with E-state index < -0.39 is 45.7 Å². The van der Waals surface area contributed by atoms with Gasteiger partial charge in [0.05, 0.1) is 28.2 Å². The Kier molecular flexibility index (Phi) is 41.3. The van der Waals surface area contributed by atoms with Gasteiger partial charge in [0, 0.05) is 162 Å². The van der Waals surface area contributed by atoms with Gasteiger partial charge in [-0.3, -0.25) is 70.1 Å². The first kappa shape index (κ1) is 104. The minimum Gasteiger partial charge on any atom is -0.537 e. The quantitative estimate of drug-likeness (QED) is 0.0248. The van der Waals surface area contributed by atoms with E-state index in [9.17, 15) is 66.9 Å². The van der Waals surface area contributed by atoms with Crippen molar-refractivity contribution in [3.63, 3.8) is 0 Å². The molecule has 4 N–H and O–H groups in total. The molecule has 128 heavy (non-hydrogen) atoms. The second kappa shape index (κ2) is 50.8. The van der Waals surface area contributed by atoms with Gasteiger partial charge < -0.3 is 29.7 Å². The summed E-state index contributed by atoms with van der Waals surface area (Å²) in [6, 6.07) is 41.3. The molecule has 0 aliphatic carbocycles. The van der Waals surface area contributed by atoms with E-state index in [0.29, 0.717) is 143 Å². The molecule has 6 aromatic carbocycles. The molecule has 1 atom stereocenters. The van der Waals surface area contributed by atoms with Gasteiger partial charge in [-0.15, -0.1) is 0 Å². The number of aliphatic hydroxyl groups excluding tert-OH is 2. The number of aliphatic hydroxyl groups is 2. The summed E-state index contributed by atoms with van der Waals surface area (Å²) in [5, 5.41) is 39.0. The first-order valence-corrected chi connectivity index (χ1v) is 42.7. The number of rotatable bonds is 24. The number of hydrogen-bond acceptors (Lipinski definition) is 20. The van der Waals surface area contributed by atoms with Crippen molar-refractivity contribution in [1.82, 2.24) is 56.5 Å². The third-order valence-electron chi connectivity index (χ3n) is 19.3. The maximum atomic E-state index is 14.0.